The van der Waals surface area contributed by atoms with Crippen LogP contribution in [0, 0.1) is 0 Å². The highest BCUT2D eigenvalue weighted by Crippen LogP contribution is 2.26. The van der Waals surface area contributed by atoms with Gasteiger partial charge >= 0.3 is 0 Å². The molecule has 4 heteroatoms. The van der Waals surface area contributed by atoms with Crippen molar-refractivity contribution in [2.45, 2.75) is 25.9 Å². The molecule has 0 radical (unpaired) electrons. The van der Waals surface area contributed by atoms with Gasteiger partial charge in [-0.15, -0.1) is 0 Å². The number of nitrogens with zero attached hydrogens (tertiary/aromatic N) is 2. The van der Waals surface area contributed by atoms with Crippen molar-refractivity contribution in [1.29, 1.82) is 0 Å². The zero-order valence-corrected chi connectivity index (χ0v) is 10.3. The van der Waals surface area contributed by atoms with Crippen LogP contribution in [0.15, 0.2) is 34.3 Å². The maximum absolute atomic E-state index is 10.3. The Balaban J connectivity index is 2.58. The van der Waals surface area contributed by atoms with E-state index < -0.39 is 0 Å². The van der Waals surface area contributed by atoms with Crippen molar-refractivity contribution >= 4 is 10.8 Å². The van der Waals surface area contributed by atoms with Crippen LogP contribution in [-0.2, 0) is 0 Å². The van der Waals surface area contributed by atoms with Gasteiger partial charge in [0.1, 0.15) is 10.7 Å². The second-order valence-corrected chi connectivity index (χ2v) is 4.68. The summed E-state index contributed by atoms with van der Waals surface area (Å²) in [7, 11) is 0. The van der Waals surface area contributed by atoms with E-state index in [1.165, 1.54) is 0 Å². The summed E-state index contributed by atoms with van der Waals surface area (Å²) in [5.74, 6) is 0.196. The highest BCUT2D eigenvalue weighted by atomic mass is 16.3. The van der Waals surface area contributed by atoms with Crippen LogP contribution in [0.3, 0.4) is 0 Å². The van der Waals surface area contributed by atoms with Crippen molar-refractivity contribution in [3.8, 4) is 11.5 Å². The minimum absolute atomic E-state index is 0.00367. The molecule has 2 aromatic carbocycles. The molecule has 1 aliphatic heterocycles. The van der Waals surface area contributed by atoms with Crippen LogP contribution < -0.4 is 10.7 Å². The van der Waals surface area contributed by atoms with Gasteiger partial charge in [-0.2, -0.15) is 0 Å². The van der Waals surface area contributed by atoms with Gasteiger partial charge < -0.3 is 10.2 Å². The summed E-state index contributed by atoms with van der Waals surface area (Å²) in [5.41, 5.74) is 0. The first-order valence-corrected chi connectivity index (χ1v) is 5.98. The Morgan fingerprint density at radius 1 is 0.833 bits per heavy atom. The van der Waals surface area contributed by atoms with Gasteiger partial charge in [0.2, 0.25) is 0 Å². The summed E-state index contributed by atoms with van der Waals surface area (Å²) in [5, 5.41) is 22.5. The number of aromatic hydroxyl groups is 2. The summed E-state index contributed by atoms with van der Waals surface area (Å²) >= 11 is 0. The van der Waals surface area contributed by atoms with Gasteiger partial charge in [-0.05, 0) is 13.8 Å². The molecule has 92 valence electrons. The van der Waals surface area contributed by atoms with Crippen molar-refractivity contribution in [2.24, 2.45) is 9.98 Å². The standard InChI is InChI=1S/C14H14N2O2/c1-7-8(2)16-12-11(15-7)13(17)9-5-3-4-6-10(9)14(12)18/h3-8,17-18H,1-2H3. The fourth-order valence-electron chi connectivity index (χ4n) is 2.24. The number of hydrogen-bond donors (Lipinski definition) is 2. The van der Waals surface area contributed by atoms with Crippen LogP contribution in [-0.4, -0.2) is 22.3 Å². The summed E-state index contributed by atoms with van der Waals surface area (Å²) in [6.07, 6.45) is 0. The SMILES string of the molecule is CC1N=c2c(O)c3ccccc3c(O)c2=NC1C. The first kappa shape index (κ1) is 11.0. The topological polar surface area (TPSA) is 65.2 Å². The average molecular weight is 242 g/mol. The monoisotopic (exact) mass is 242 g/mol. The van der Waals surface area contributed by atoms with Crippen molar-refractivity contribution in [3.63, 3.8) is 0 Å². The molecule has 0 spiro atoms. The third kappa shape index (κ3) is 1.38. The number of phenols is 2. The lowest BCUT2D eigenvalue weighted by atomic mass is 10.1. The Kier molecular flexibility index (Phi) is 2.26. The van der Waals surface area contributed by atoms with Crippen LogP contribution in [0.25, 0.3) is 10.8 Å². The number of rotatable bonds is 0. The minimum atomic E-state index is 0.00367. The van der Waals surface area contributed by atoms with Crippen LogP contribution in [0.5, 0.6) is 11.5 Å². The molecule has 2 unspecified atom stereocenters. The van der Waals surface area contributed by atoms with Gasteiger partial charge in [0.15, 0.2) is 11.5 Å². The normalized spacial score (nSPS) is 22.1. The van der Waals surface area contributed by atoms with Gasteiger partial charge in [0, 0.05) is 10.8 Å². The molecule has 0 fully saturated rings. The molecule has 3 rings (SSSR count). The van der Waals surface area contributed by atoms with E-state index >= 15 is 0 Å². The molecule has 0 amide bonds. The Bertz CT molecular complexity index is 688. The summed E-state index contributed by atoms with van der Waals surface area (Å²) < 4.78 is 0. The van der Waals surface area contributed by atoms with E-state index in [0.717, 1.165) is 0 Å². The number of fused-ring (bicyclic) bond motifs is 2. The third-order valence-corrected chi connectivity index (χ3v) is 3.47. The van der Waals surface area contributed by atoms with E-state index in [1.54, 1.807) is 12.1 Å². The number of benzene rings is 2. The maximum atomic E-state index is 10.3. The average Bonchev–Trinajstić information content (AvgIpc) is 2.38. The van der Waals surface area contributed by atoms with Gasteiger partial charge in [0.05, 0.1) is 12.1 Å². The Morgan fingerprint density at radius 3 is 1.61 bits per heavy atom. The smallest absolute Gasteiger partial charge is 0.151 e. The maximum Gasteiger partial charge on any atom is 0.151 e. The van der Waals surface area contributed by atoms with Gasteiger partial charge in [-0.25, -0.2) is 0 Å². The predicted molar refractivity (Wildman–Crippen MR) is 68.5 cm³/mol. The Morgan fingerprint density at radius 2 is 1.22 bits per heavy atom. The lowest BCUT2D eigenvalue weighted by Gasteiger charge is -2.17. The molecule has 4 nitrogen and oxygen atoms in total. The summed E-state index contributed by atoms with van der Waals surface area (Å²) in [4.78, 5) is 8.87. The van der Waals surface area contributed by atoms with Crippen LogP contribution in [0.2, 0.25) is 0 Å². The van der Waals surface area contributed by atoms with Crippen molar-refractivity contribution < 1.29 is 10.2 Å². The molecule has 0 bridgehead atoms. The predicted octanol–water partition coefficient (Wildman–Crippen LogP) is 1.28. The van der Waals surface area contributed by atoms with Crippen molar-refractivity contribution in [3.05, 3.63) is 35.0 Å². The molecular formula is C14H14N2O2. The van der Waals surface area contributed by atoms with E-state index in [2.05, 4.69) is 9.98 Å². The first-order valence-electron chi connectivity index (χ1n) is 5.98. The zero-order valence-electron chi connectivity index (χ0n) is 10.3. The summed E-state index contributed by atoms with van der Waals surface area (Å²) in [6, 6.07) is 7.18. The quantitative estimate of drug-likeness (QED) is 0.683. The number of hydrogen-bond acceptors (Lipinski definition) is 4. The second kappa shape index (κ2) is 3.70. The molecule has 2 aromatic rings. The highest BCUT2D eigenvalue weighted by Gasteiger charge is 2.19. The fourth-order valence-corrected chi connectivity index (χ4v) is 2.24. The molecular weight excluding hydrogens is 228 g/mol. The molecule has 18 heavy (non-hydrogen) atoms. The molecule has 1 aliphatic rings. The highest BCUT2D eigenvalue weighted by molar-refractivity contribution is 5.92. The molecule has 0 aromatic heterocycles. The van der Waals surface area contributed by atoms with Crippen LogP contribution in [0.1, 0.15) is 13.8 Å². The molecule has 0 saturated carbocycles. The van der Waals surface area contributed by atoms with E-state index in [9.17, 15) is 10.2 Å². The Labute approximate surface area is 104 Å². The lowest BCUT2D eigenvalue weighted by Crippen LogP contribution is -2.37. The molecule has 2 N–H and O–H groups in total. The third-order valence-electron chi connectivity index (χ3n) is 3.47. The summed E-state index contributed by atoms with van der Waals surface area (Å²) in [6.45, 7) is 3.89. The van der Waals surface area contributed by atoms with Gasteiger partial charge in [0.25, 0.3) is 0 Å². The largest absolute Gasteiger partial charge is 0.505 e. The van der Waals surface area contributed by atoms with Crippen molar-refractivity contribution in [1.82, 2.24) is 0 Å². The van der Waals surface area contributed by atoms with Gasteiger partial charge in [-0.3, -0.25) is 9.98 Å². The number of phenolic OH excluding ortho intramolecular Hbond substituents is 2. The lowest BCUT2D eigenvalue weighted by molar-refractivity contribution is 0.442. The molecule has 0 saturated heterocycles. The Hall–Kier alpha value is -2.10. The fraction of sp³-hybridized carbons (Fsp3) is 0.286. The molecule has 1 heterocycles. The van der Waals surface area contributed by atoms with Gasteiger partial charge in [-0.1, -0.05) is 24.3 Å². The minimum Gasteiger partial charge on any atom is -0.505 e. The molecule has 0 aliphatic carbocycles. The first-order chi connectivity index (χ1) is 8.59. The van der Waals surface area contributed by atoms with Crippen molar-refractivity contribution in [2.75, 3.05) is 0 Å². The van der Waals surface area contributed by atoms with E-state index in [0.29, 0.717) is 21.5 Å². The molecule has 2 atom stereocenters. The van der Waals surface area contributed by atoms with Crippen LogP contribution >= 0.6 is 0 Å². The second-order valence-electron chi connectivity index (χ2n) is 4.68. The van der Waals surface area contributed by atoms with E-state index in [-0.39, 0.29) is 23.6 Å². The zero-order chi connectivity index (χ0) is 12.9. The van der Waals surface area contributed by atoms with E-state index in [4.69, 9.17) is 0 Å². The van der Waals surface area contributed by atoms with Crippen LogP contribution in [0.4, 0.5) is 0 Å². The van der Waals surface area contributed by atoms with E-state index in [1.807, 2.05) is 26.0 Å².